The number of carboxylic acids is 1. The van der Waals surface area contributed by atoms with Gasteiger partial charge < -0.3 is 5.11 Å². The second-order valence-corrected chi connectivity index (χ2v) is 4.64. The smallest absolute Gasteiger partial charge is 0.303 e. The fourth-order valence-corrected chi connectivity index (χ4v) is 1.72. The van der Waals surface area contributed by atoms with Crippen molar-refractivity contribution in [3.63, 3.8) is 0 Å². The summed E-state index contributed by atoms with van der Waals surface area (Å²) < 4.78 is 0. The second-order valence-electron chi connectivity index (χ2n) is 4.64. The molecule has 0 aliphatic heterocycles. The van der Waals surface area contributed by atoms with Gasteiger partial charge in [-0.15, -0.1) is 0 Å². The van der Waals surface area contributed by atoms with E-state index >= 15 is 0 Å². The number of rotatable bonds is 12. The fourth-order valence-electron chi connectivity index (χ4n) is 1.72. The molecule has 108 valence electrons. The molecule has 0 spiro atoms. The molecule has 0 aliphatic carbocycles. The van der Waals surface area contributed by atoms with Gasteiger partial charge in [0.15, 0.2) is 0 Å². The van der Waals surface area contributed by atoms with E-state index in [1.807, 2.05) is 0 Å². The molecule has 0 aromatic carbocycles. The molecule has 0 heterocycles. The zero-order valence-corrected chi connectivity index (χ0v) is 12.2. The van der Waals surface area contributed by atoms with Gasteiger partial charge in [-0.25, -0.2) is 0 Å². The Hall–Kier alpha value is -1.31. The first-order valence-electron chi connectivity index (χ1n) is 7.44. The van der Waals surface area contributed by atoms with Gasteiger partial charge in [0.05, 0.1) is 0 Å². The largest absolute Gasteiger partial charge is 0.481 e. The minimum absolute atomic E-state index is 0.313. The summed E-state index contributed by atoms with van der Waals surface area (Å²) in [6, 6.07) is 0. The Morgan fingerprint density at radius 2 is 1.42 bits per heavy atom. The Labute approximate surface area is 117 Å². The van der Waals surface area contributed by atoms with Crippen molar-refractivity contribution in [1.82, 2.24) is 0 Å². The van der Waals surface area contributed by atoms with Crippen LogP contribution in [0, 0.1) is 0 Å². The summed E-state index contributed by atoms with van der Waals surface area (Å²) >= 11 is 0. The molecule has 0 aromatic heterocycles. The third kappa shape index (κ3) is 16.7. The van der Waals surface area contributed by atoms with Gasteiger partial charge in [-0.05, 0) is 38.5 Å². The molecule has 0 fully saturated rings. The average Bonchev–Trinajstić information content (AvgIpc) is 2.39. The Bertz CT molecular complexity index is 288. The van der Waals surface area contributed by atoms with Gasteiger partial charge in [-0.2, -0.15) is 0 Å². The van der Waals surface area contributed by atoms with Crippen LogP contribution in [-0.2, 0) is 4.79 Å². The summed E-state index contributed by atoms with van der Waals surface area (Å²) in [6.45, 7) is 2.14. The van der Waals surface area contributed by atoms with Crippen molar-refractivity contribution in [1.29, 1.82) is 0 Å². The quantitative estimate of drug-likeness (QED) is 0.385. The monoisotopic (exact) mass is 264 g/mol. The highest BCUT2D eigenvalue weighted by molar-refractivity contribution is 5.66. The molecule has 0 bridgehead atoms. The van der Waals surface area contributed by atoms with E-state index in [1.54, 1.807) is 0 Å². The molecule has 0 atom stereocenters. The normalized spacial score (nSPS) is 12.1. The number of aliphatic carboxylic acids is 1. The van der Waals surface area contributed by atoms with Crippen LogP contribution < -0.4 is 0 Å². The van der Waals surface area contributed by atoms with E-state index in [2.05, 4.69) is 43.4 Å². The molecule has 2 nitrogen and oxygen atoms in total. The van der Waals surface area contributed by atoms with Crippen molar-refractivity contribution in [3.8, 4) is 0 Å². The summed E-state index contributed by atoms with van der Waals surface area (Å²) in [4.78, 5) is 10.3. The van der Waals surface area contributed by atoms with Crippen LogP contribution in [0.15, 0.2) is 36.5 Å². The van der Waals surface area contributed by atoms with Gasteiger partial charge in [-0.3, -0.25) is 4.79 Å². The third-order valence-electron chi connectivity index (χ3n) is 2.79. The Morgan fingerprint density at radius 1 is 0.842 bits per heavy atom. The third-order valence-corrected chi connectivity index (χ3v) is 2.79. The first-order valence-corrected chi connectivity index (χ1v) is 7.44. The van der Waals surface area contributed by atoms with E-state index in [4.69, 9.17) is 5.11 Å². The van der Waals surface area contributed by atoms with Gasteiger partial charge in [0.1, 0.15) is 0 Å². The zero-order chi connectivity index (χ0) is 14.2. The number of unbranched alkanes of at least 4 members (excludes halogenated alkanes) is 4. The van der Waals surface area contributed by atoms with Crippen LogP contribution in [0.2, 0.25) is 0 Å². The molecule has 0 radical (unpaired) electrons. The number of allylic oxidation sites excluding steroid dienone is 6. The molecule has 0 saturated carbocycles. The minimum Gasteiger partial charge on any atom is -0.481 e. The molecular formula is C17H28O2. The number of hydrogen-bond acceptors (Lipinski definition) is 1. The summed E-state index contributed by atoms with van der Waals surface area (Å²) in [6.07, 6.45) is 21.9. The maximum absolute atomic E-state index is 10.3. The van der Waals surface area contributed by atoms with Crippen molar-refractivity contribution >= 4 is 5.97 Å². The predicted molar refractivity (Wildman–Crippen MR) is 82.3 cm³/mol. The topological polar surface area (TPSA) is 37.3 Å². The molecule has 0 amide bonds. The van der Waals surface area contributed by atoms with Crippen LogP contribution in [-0.4, -0.2) is 11.1 Å². The fraction of sp³-hybridized carbons (Fsp3) is 0.588. The number of carboxylic acid groups (broad SMARTS) is 1. The highest BCUT2D eigenvalue weighted by atomic mass is 16.4. The second kappa shape index (κ2) is 14.7. The van der Waals surface area contributed by atoms with Crippen molar-refractivity contribution in [3.05, 3.63) is 36.5 Å². The lowest BCUT2D eigenvalue weighted by molar-refractivity contribution is -0.137. The molecule has 0 aromatic rings. The van der Waals surface area contributed by atoms with E-state index in [1.165, 1.54) is 6.42 Å². The maximum Gasteiger partial charge on any atom is 0.303 e. The average molecular weight is 264 g/mol. The van der Waals surface area contributed by atoms with Crippen LogP contribution in [0.3, 0.4) is 0 Å². The van der Waals surface area contributed by atoms with Crippen LogP contribution >= 0.6 is 0 Å². The first kappa shape index (κ1) is 17.7. The van der Waals surface area contributed by atoms with Crippen LogP contribution in [0.25, 0.3) is 0 Å². The van der Waals surface area contributed by atoms with E-state index in [0.717, 1.165) is 44.9 Å². The van der Waals surface area contributed by atoms with Crippen molar-refractivity contribution in [2.75, 3.05) is 0 Å². The lowest BCUT2D eigenvalue weighted by Gasteiger charge is -1.96. The molecule has 1 N–H and O–H groups in total. The van der Waals surface area contributed by atoms with Crippen molar-refractivity contribution in [2.24, 2.45) is 0 Å². The zero-order valence-electron chi connectivity index (χ0n) is 12.2. The Balaban J connectivity index is 3.25. The SMILES string of the molecule is CC/C=C/C/C=C/C/C=C/CCCCCCC(=O)O. The van der Waals surface area contributed by atoms with Crippen LogP contribution in [0.4, 0.5) is 0 Å². The maximum atomic E-state index is 10.3. The van der Waals surface area contributed by atoms with Gasteiger partial charge in [0.25, 0.3) is 0 Å². The van der Waals surface area contributed by atoms with Crippen molar-refractivity contribution < 1.29 is 9.90 Å². The first-order chi connectivity index (χ1) is 9.27. The standard InChI is InChI=1S/C17H28O2/c1-2-3-4-5-6-7-8-9-10-11-12-13-14-15-16-17(18)19/h3-4,6-7,9-10H,2,5,8,11-16H2,1H3,(H,18,19)/b4-3+,7-6+,10-9+. The minimum atomic E-state index is -0.680. The van der Waals surface area contributed by atoms with E-state index in [0.29, 0.717) is 6.42 Å². The summed E-state index contributed by atoms with van der Waals surface area (Å²) in [5.41, 5.74) is 0. The lowest BCUT2D eigenvalue weighted by atomic mass is 10.1. The number of carbonyl (C=O) groups is 1. The Kier molecular flexibility index (Phi) is 13.7. The van der Waals surface area contributed by atoms with Crippen LogP contribution in [0.5, 0.6) is 0 Å². The molecule has 0 rings (SSSR count). The summed E-state index contributed by atoms with van der Waals surface area (Å²) in [5.74, 6) is -0.680. The van der Waals surface area contributed by atoms with E-state index in [-0.39, 0.29) is 0 Å². The highest BCUT2D eigenvalue weighted by Gasteiger charge is 1.95. The molecular weight excluding hydrogens is 236 g/mol. The highest BCUT2D eigenvalue weighted by Crippen LogP contribution is 2.06. The van der Waals surface area contributed by atoms with Gasteiger partial charge in [0.2, 0.25) is 0 Å². The molecule has 0 saturated heterocycles. The molecule has 19 heavy (non-hydrogen) atoms. The summed E-state index contributed by atoms with van der Waals surface area (Å²) in [5, 5.41) is 8.48. The number of hydrogen-bond donors (Lipinski definition) is 1. The lowest BCUT2D eigenvalue weighted by Crippen LogP contribution is -1.93. The Morgan fingerprint density at radius 3 is 2.05 bits per heavy atom. The van der Waals surface area contributed by atoms with Crippen molar-refractivity contribution in [2.45, 2.75) is 64.7 Å². The van der Waals surface area contributed by atoms with Gasteiger partial charge >= 0.3 is 5.97 Å². The van der Waals surface area contributed by atoms with E-state index in [9.17, 15) is 4.79 Å². The van der Waals surface area contributed by atoms with Gasteiger partial charge in [-0.1, -0.05) is 56.2 Å². The predicted octanol–water partition coefficient (Wildman–Crippen LogP) is 5.27. The molecule has 0 unspecified atom stereocenters. The molecule has 2 heteroatoms. The van der Waals surface area contributed by atoms with E-state index < -0.39 is 5.97 Å². The molecule has 0 aliphatic rings. The summed E-state index contributed by atoms with van der Waals surface area (Å²) in [7, 11) is 0. The van der Waals surface area contributed by atoms with Crippen LogP contribution in [0.1, 0.15) is 64.7 Å². The van der Waals surface area contributed by atoms with Gasteiger partial charge in [0, 0.05) is 6.42 Å².